The Morgan fingerprint density at radius 1 is 1.35 bits per heavy atom. The van der Waals surface area contributed by atoms with Crippen molar-refractivity contribution in [1.82, 2.24) is 14.7 Å². The van der Waals surface area contributed by atoms with E-state index in [2.05, 4.69) is 25.3 Å². The van der Waals surface area contributed by atoms with Gasteiger partial charge in [0.15, 0.2) is 0 Å². The standard InChI is InChI=1S/C9H17N5O2S/c1-7-6-13-9(10-2)14-8(7)12-4-5-17(15,16)11-3/h6,11H,4-5H2,1-3H3,(H2,10,12,13,14). The molecule has 1 aromatic heterocycles. The van der Waals surface area contributed by atoms with Crippen molar-refractivity contribution in [2.75, 3.05) is 37.0 Å². The summed E-state index contributed by atoms with van der Waals surface area (Å²) < 4.78 is 24.7. The molecule has 0 aliphatic carbocycles. The molecule has 0 fully saturated rings. The molecular weight excluding hydrogens is 242 g/mol. The molecule has 8 heteroatoms. The summed E-state index contributed by atoms with van der Waals surface area (Å²) in [6.45, 7) is 2.15. The number of nitrogens with zero attached hydrogens (tertiary/aromatic N) is 2. The summed E-state index contributed by atoms with van der Waals surface area (Å²) in [5, 5.41) is 5.79. The molecule has 7 nitrogen and oxygen atoms in total. The van der Waals surface area contributed by atoms with Gasteiger partial charge in [0.05, 0.1) is 5.75 Å². The lowest BCUT2D eigenvalue weighted by atomic mass is 10.3. The van der Waals surface area contributed by atoms with Gasteiger partial charge in [-0.2, -0.15) is 4.98 Å². The monoisotopic (exact) mass is 259 g/mol. The third-order valence-electron chi connectivity index (χ3n) is 2.17. The summed E-state index contributed by atoms with van der Waals surface area (Å²) >= 11 is 0. The second-order valence-electron chi connectivity index (χ2n) is 3.43. The van der Waals surface area contributed by atoms with E-state index < -0.39 is 10.0 Å². The Bertz CT molecular complexity index is 474. The maximum atomic E-state index is 11.2. The molecule has 0 atom stereocenters. The molecule has 0 saturated carbocycles. The van der Waals surface area contributed by atoms with E-state index in [0.29, 0.717) is 18.3 Å². The summed E-state index contributed by atoms with van der Waals surface area (Å²) in [6.07, 6.45) is 1.67. The van der Waals surface area contributed by atoms with Gasteiger partial charge in [-0.25, -0.2) is 18.1 Å². The molecule has 1 aromatic rings. The molecule has 0 spiro atoms. The van der Waals surface area contributed by atoms with Crippen LogP contribution in [0.25, 0.3) is 0 Å². The lowest BCUT2D eigenvalue weighted by Crippen LogP contribution is -2.26. The molecule has 0 bridgehead atoms. The lowest BCUT2D eigenvalue weighted by Gasteiger charge is -2.09. The average molecular weight is 259 g/mol. The predicted octanol–water partition coefficient (Wildman–Crippen LogP) is -0.212. The van der Waals surface area contributed by atoms with Gasteiger partial charge in [0.25, 0.3) is 0 Å². The molecule has 0 saturated heterocycles. The number of aryl methyl sites for hydroxylation is 1. The highest BCUT2D eigenvalue weighted by Gasteiger charge is 2.07. The normalized spacial score (nSPS) is 11.2. The van der Waals surface area contributed by atoms with Crippen molar-refractivity contribution in [2.24, 2.45) is 0 Å². The number of hydrogen-bond donors (Lipinski definition) is 3. The van der Waals surface area contributed by atoms with Crippen LogP contribution >= 0.6 is 0 Å². The first-order valence-corrected chi connectivity index (χ1v) is 6.80. The SMILES string of the molecule is CNc1ncc(C)c(NCCS(=O)(=O)NC)n1. The van der Waals surface area contributed by atoms with Crippen LogP contribution in [0, 0.1) is 6.92 Å². The zero-order valence-corrected chi connectivity index (χ0v) is 10.9. The smallest absolute Gasteiger partial charge is 0.224 e. The molecule has 0 aliphatic heterocycles. The molecule has 0 aromatic carbocycles. The number of hydrogen-bond acceptors (Lipinski definition) is 6. The summed E-state index contributed by atoms with van der Waals surface area (Å²) in [5.41, 5.74) is 0.867. The van der Waals surface area contributed by atoms with Crippen molar-refractivity contribution >= 4 is 21.8 Å². The molecule has 0 unspecified atom stereocenters. The molecule has 96 valence electrons. The predicted molar refractivity (Wildman–Crippen MR) is 67.7 cm³/mol. The van der Waals surface area contributed by atoms with Crippen molar-refractivity contribution in [2.45, 2.75) is 6.92 Å². The Labute approximate surface area is 101 Å². The van der Waals surface area contributed by atoms with Gasteiger partial charge in [-0.1, -0.05) is 0 Å². The van der Waals surface area contributed by atoms with E-state index in [1.807, 2.05) is 6.92 Å². The highest BCUT2D eigenvalue weighted by molar-refractivity contribution is 7.89. The second kappa shape index (κ2) is 5.78. The Kier molecular flexibility index (Phi) is 4.64. The van der Waals surface area contributed by atoms with Gasteiger partial charge in [-0.15, -0.1) is 0 Å². The number of nitrogens with one attached hydrogen (secondary N) is 3. The first kappa shape index (κ1) is 13.7. The maximum Gasteiger partial charge on any atom is 0.224 e. The third kappa shape index (κ3) is 4.16. The van der Waals surface area contributed by atoms with E-state index in [-0.39, 0.29) is 5.75 Å². The Hall–Kier alpha value is -1.41. The van der Waals surface area contributed by atoms with E-state index in [9.17, 15) is 8.42 Å². The molecule has 1 rings (SSSR count). The van der Waals surface area contributed by atoms with Gasteiger partial charge in [-0.05, 0) is 14.0 Å². The highest BCUT2D eigenvalue weighted by atomic mass is 32.2. The van der Waals surface area contributed by atoms with Crippen LogP contribution < -0.4 is 15.4 Å². The quantitative estimate of drug-likeness (QED) is 0.654. The van der Waals surface area contributed by atoms with Crippen molar-refractivity contribution in [1.29, 1.82) is 0 Å². The minimum absolute atomic E-state index is 0.00182. The third-order valence-corrected chi connectivity index (χ3v) is 3.53. The molecule has 1 heterocycles. The number of aromatic nitrogens is 2. The molecular formula is C9H17N5O2S. The van der Waals surface area contributed by atoms with Crippen LogP contribution in [-0.4, -0.2) is 44.8 Å². The first-order chi connectivity index (χ1) is 7.98. The van der Waals surface area contributed by atoms with Gasteiger partial charge >= 0.3 is 0 Å². The molecule has 0 amide bonds. The number of anilines is 2. The van der Waals surface area contributed by atoms with E-state index in [0.717, 1.165) is 5.56 Å². The van der Waals surface area contributed by atoms with Crippen LogP contribution in [0.1, 0.15) is 5.56 Å². The topological polar surface area (TPSA) is 96.0 Å². The van der Waals surface area contributed by atoms with E-state index >= 15 is 0 Å². The average Bonchev–Trinajstić information content (AvgIpc) is 2.31. The lowest BCUT2D eigenvalue weighted by molar-refractivity contribution is 0.588. The molecule has 0 radical (unpaired) electrons. The Morgan fingerprint density at radius 3 is 2.65 bits per heavy atom. The maximum absolute atomic E-state index is 11.2. The van der Waals surface area contributed by atoms with Crippen molar-refractivity contribution in [3.05, 3.63) is 11.8 Å². The Balaban J connectivity index is 2.63. The van der Waals surface area contributed by atoms with Crippen LogP contribution in [0.4, 0.5) is 11.8 Å². The minimum Gasteiger partial charge on any atom is -0.369 e. The zero-order valence-electron chi connectivity index (χ0n) is 10.1. The summed E-state index contributed by atoms with van der Waals surface area (Å²) in [5.74, 6) is 1.13. The van der Waals surface area contributed by atoms with E-state index in [1.54, 1.807) is 13.2 Å². The van der Waals surface area contributed by atoms with Crippen LogP contribution in [-0.2, 0) is 10.0 Å². The van der Waals surface area contributed by atoms with Gasteiger partial charge in [0, 0.05) is 25.4 Å². The van der Waals surface area contributed by atoms with Crippen LogP contribution in [0.3, 0.4) is 0 Å². The van der Waals surface area contributed by atoms with Crippen LogP contribution in [0.2, 0.25) is 0 Å². The summed E-state index contributed by atoms with van der Waals surface area (Å²) in [6, 6.07) is 0. The van der Waals surface area contributed by atoms with Crippen LogP contribution in [0.5, 0.6) is 0 Å². The van der Waals surface area contributed by atoms with Crippen LogP contribution in [0.15, 0.2) is 6.20 Å². The fraction of sp³-hybridized carbons (Fsp3) is 0.556. The summed E-state index contributed by atoms with van der Waals surface area (Å²) in [7, 11) is -0.0743. The number of sulfonamides is 1. The largest absolute Gasteiger partial charge is 0.369 e. The fourth-order valence-electron chi connectivity index (χ4n) is 1.15. The van der Waals surface area contributed by atoms with Crippen molar-refractivity contribution in [3.8, 4) is 0 Å². The van der Waals surface area contributed by atoms with Crippen molar-refractivity contribution in [3.63, 3.8) is 0 Å². The van der Waals surface area contributed by atoms with Gasteiger partial charge < -0.3 is 10.6 Å². The second-order valence-corrected chi connectivity index (χ2v) is 5.47. The van der Waals surface area contributed by atoms with Gasteiger partial charge in [0.2, 0.25) is 16.0 Å². The highest BCUT2D eigenvalue weighted by Crippen LogP contribution is 2.11. The van der Waals surface area contributed by atoms with Crippen molar-refractivity contribution < 1.29 is 8.42 Å². The molecule has 3 N–H and O–H groups in total. The fourth-order valence-corrected chi connectivity index (χ4v) is 1.72. The Morgan fingerprint density at radius 2 is 2.06 bits per heavy atom. The van der Waals surface area contributed by atoms with Gasteiger partial charge in [0.1, 0.15) is 5.82 Å². The number of rotatable bonds is 6. The summed E-state index contributed by atoms with van der Waals surface area (Å²) in [4.78, 5) is 8.23. The van der Waals surface area contributed by atoms with Gasteiger partial charge in [-0.3, -0.25) is 0 Å². The van der Waals surface area contributed by atoms with E-state index in [1.165, 1.54) is 7.05 Å². The molecule has 0 aliphatic rings. The first-order valence-electron chi connectivity index (χ1n) is 5.15. The molecule has 17 heavy (non-hydrogen) atoms. The zero-order chi connectivity index (χ0) is 12.9. The van der Waals surface area contributed by atoms with E-state index in [4.69, 9.17) is 0 Å². The minimum atomic E-state index is -3.19.